The molecule has 0 saturated heterocycles. The smallest absolute Gasteiger partial charge is 0.140 e. The van der Waals surface area contributed by atoms with E-state index in [1.165, 1.54) is 5.56 Å². The summed E-state index contributed by atoms with van der Waals surface area (Å²) in [4.78, 5) is 0. The number of rotatable bonds is 5. The highest BCUT2D eigenvalue weighted by Gasteiger charge is 2.08. The maximum atomic E-state index is 9.58. The number of phenolic OH excluding ortho intramolecular Hbond substituents is 1. The summed E-state index contributed by atoms with van der Waals surface area (Å²) in [6, 6.07) is 13.4. The van der Waals surface area contributed by atoms with E-state index in [2.05, 4.69) is 12.2 Å². The third-order valence-corrected chi connectivity index (χ3v) is 3.19. The molecule has 0 radical (unpaired) electrons. The second-order valence-electron chi connectivity index (χ2n) is 4.84. The van der Waals surface area contributed by atoms with Crippen molar-refractivity contribution in [3.63, 3.8) is 0 Å². The van der Waals surface area contributed by atoms with E-state index in [9.17, 15) is 5.11 Å². The highest BCUT2D eigenvalue weighted by atomic mass is 16.5. The number of ether oxygens (including phenoxy) is 1. The number of hydrogen-bond acceptors (Lipinski definition) is 4. The molecule has 0 bridgehead atoms. The first kappa shape index (κ1) is 14.1. The number of nitrogens with one attached hydrogen (secondary N) is 1. The summed E-state index contributed by atoms with van der Waals surface area (Å²) < 4.78 is 5.14. The van der Waals surface area contributed by atoms with E-state index in [0.29, 0.717) is 5.69 Å². The molecule has 0 aliphatic heterocycles. The van der Waals surface area contributed by atoms with Gasteiger partial charge in [-0.15, -0.1) is 0 Å². The average Bonchev–Trinajstić information content (AvgIpc) is 2.45. The number of phenols is 1. The summed E-state index contributed by atoms with van der Waals surface area (Å²) >= 11 is 0. The lowest BCUT2D eigenvalue weighted by molar-refractivity contribution is 0.414. The van der Waals surface area contributed by atoms with Crippen molar-refractivity contribution in [2.75, 3.05) is 18.2 Å². The number of nitrogen functional groups attached to an aromatic ring is 1. The molecule has 20 heavy (non-hydrogen) atoms. The second-order valence-corrected chi connectivity index (χ2v) is 4.84. The van der Waals surface area contributed by atoms with Crippen molar-refractivity contribution >= 4 is 11.4 Å². The Bertz CT molecular complexity index is 567. The van der Waals surface area contributed by atoms with Crippen LogP contribution in [0, 0.1) is 0 Å². The molecule has 2 aromatic rings. The zero-order valence-electron chi connectivity index (χ0n) is 11.8. The number of methoxy groups -OCH3 is 1. The first-order chi connectivity index (χ1) is 9.60. The van der Waals surface area contributed by atoms with Gasteiger partial charge in [-0.25, -0.2) is 0 Å². The quantitative estimate of drug-likeness (QED) is 0.578. The molecular formula is C16H20N2O2. The van der Waals surface area contributed by atoms with Gasteiger partial charge >= 0.3 is 0 Å². The SMILES string of the molecule is COc1ccc(C[C@@H](C)Nc2cccc(O)c2N)cc1. The highest BCUT2D eigenvalue weighted by molar-refractivity contribution is 5.72. The third-order valence-electron chi connectivity index (χ3n) is 3.19. The summed E-state index contributed by atoms with van der Waals surface area (Å²) in [7, 11) is 1.66. The Kier molecular flexibility index (Phi) is 4.35. The minimum atomic E-state index is 0.103. The lowest BCUT2D eigenvalue weighted by Gasteiger charge is -2.17. The Balaban J connectivity index is 2.01. The summed E-state index contributed by atoms with van der Waals surface area (Å²) in [6.45, 7) is 2.08. The molecule has 4 heteroatoms. The van der Waals surface area contributed by atoms with Gasteiger partial charge in [0, 0.05) is 6.04 Å². The van der Waals surface area contributed by atoms with Gasteiger partial charge in [0.25, 0.3) is 0 Å². The van der Waals surface area contributed by atoms with Crippen molar-refractivity contribution in [3.8, 4) is 11.5 Å². The fourth-order valence-electron chi connectivity index (χ4n) is 2.11. The van der Waals surface area contributed by atoms with E-state index in [4.69, 9.17) is 10.5 Å². The number of benzene rings is 2. The number of nitrogens with two attached hydrogens (primary N) is 1. The minimum Gasteiger partial charge on any atom is -0.506 e. The van der Waals surface area contributed by atoms with Gasteiger partial charge < -0.3 is 20.9 Å². The maximum absolute atomic E-state index is 9.58. The van der Waals surface area contributed by atoms with Crippen LogP contribution in [0.5, 0.6) is 11.5 Å². The maximum Gasteiger partial charge on any atom is 0.140 e. The van der Waals surface area contributed by atoms with Crippen molar-refractivity contribution in [2.45, 2.75) is 19.4 Å². The predicted octanol–water partition coefficient (Wildman–Crippen LogP) is 3.03. The second kappa shape index (κ2) is 6.19. The highest BCUT2D eigenvalue weighted by Crippen LogP contribution is 2.28. The van der Waals surface area contributed by atoms with Crippen LogP contribution < -0.4 is 15.8 Å². The van der Waals surface area contributed by atoms with Crippen LogP contribution in [0.25, 0.3) is 0 Å². The molecule has 4 N–H and O–H groups in total. The fraction of sp³-hybridized carbons (Fsp3) is 0.250. The van der Waals surface area contributed by atoms with Crippen LogP contribution in [0.1, 0.15) is 12.5 Å². The minimum absolute atomic E-state index is 0.103. The molecule has 0 amide bonds. The topological polar surface area (TPSA) is 67.5 Å². The lowest BCUT2D eigenvalue weighted by Crippen LogP contribution is -2.18. The Morgan fingerprint density at radius 3 is 2.55 bits per heavy atom. The largest absolute Gasteiger partial charge is 0.506 e. The Labute approximate surface area is 119 Å². The molecule has 0 unspecified atom stereocenters. The molecule has 0 aliphatic carbocycles. The first-order valence-electron chi connectivity index (χ1n) is 6.57. The van der Waals surface area contributed by atoms with Gasteiger partial charge in [0.2, 0.25) is 0 Å². The van der Waals surface area contributed by atoms with Crippen molar-refractivity contribution in [1.82, 2.24) is 0 Å². The Morgan fingerprint density at radius 2 is 1.90 bits per heavy atom. The standard InChI is InChI=1S/C16H20N2O2/c1-11(10-12-6-8-13(20-2)9-7-12)18-14-4-3-5-15(19)16(14)17/h3-9,11,18-19H,10,17H2,1-2H3/t11-/m1/s1. The third kappa shape index (κ3) is 3.35. The van der Waals surface area contributed by atoms with Crippen molar-refractivity contribution in [1.29, 1.82) is 0 Å². The molecule has 106 valence electrons. The number of para-hydroxylation sites is 1. The summed E-state index contributed by atoms with van der Waals surface area (Å²) in [5, 5.41) is 12.9. The van der Waals surface area contributed by atoms with Crippen LogP contribution in [-0.2, 0) is 6.42 Å². The normalized spacial score (nSPS) is 11.9. The molecule has 2 aromatic carbocycles. The van der Waals surface area contributed by atoms with E-state index in [0.717, 1.165) is 17.9 Å². The van der Waals surface area contributed by atoms with E-state index in [-0.39, 0.29) is 11.8 Å². The first-order valence-corrected chi connectivity index (χ1v) is 6.57. The number of aromatic hydroxyl groups is 1. The van der Waals surface area contributed by atoms with Gasteiger partial charge in [-0.3, -0.25) is 0 Å². The van der Waals surface area contributed by atoms with Crippen LogP contribution in [0.3, 0.4) is 0 Å². The van der Waals surface area contributed by atoms with Crippen molar-refractivity contribution < 1.29 is 9.84 Å². The fourth-order valence-corrected chi connectivity index (χ4v) is 2.11. The van der Waals surface area contributed by atoms with E-state index >= 15 is 0 Å². The van der Waals surface area contributed by atoms with E-state index < -0.39 is 0 Å². The van der Waals surface area contributed by atoms with Crippen molar-refractivity contribution in [2.24, 2.45) is 0 Å². The van der Waals surface area contributed by atoms with Crippen LogP contribution in [-0.4, -0.2) is 18.3 Å². The van der Waals surface area contributed by atoms with Gasteiger partial charge in [0.05, 0.1) is 18.5 Å². The molecule has 2 rings (SSSR count). The van der Waals surface area contributed by atoms with E-state index in [1.807, 2.05) is 30.3 Å². The molecule has 0 saturated carbocycles. The molecule has 0 fully saturated rings. The molecule has 0 aliphatic rings. The Hall–Kier alpha value is -2.36. The molecular weight excluding hydrogens is 252 g/mol. The molecule has 1 atom stereocenters. The summed E-state index contributed by atoms with van der Waals surface area (Å²) in [6.07, 6.45) is 0.860. The van der Waals surface area contributed by atoms with Gasteiger partial charge in [-0.2, -0.15) is 0 Å². The summed E-state index contributed by atoms with van der Waals surface area (Å²) in [5.74, 6) is 0.957. The van der Waals surface area contributed by atoms with Crippen LogP contribution in [0.15, 0.2) is 42.5 Å². The van der Waals surface area contributed by atoms with Gasteiger partial charge in [0.15, 0.2) is 0 Å². The average molecular weight is 272 g/mol. The zero-order chi connectivity index (χ0) is 14.5. The lowest BCUT2D eigenvalue weighted by atomic mass is 10.1. The Morgan fingerprint density at radius 1 is 1.20 bits per heavy atom. The number of hydrogen-bond donors (Lipinski definition) is 3. The zero-order valence-corrected chi connectivity index (χ0v) is 11.8. The molecule has 0 aromatic heterocycles. The van der Waals surface area contributed by atoms with Gasteiger partial charge in [0.1, 0.15) is 11.5 Å². The van der Waals surface area contributed by atoms with Crippen LogP contribution >= 0.6 is 0 Å². The van der Waals surface area contributed by atoms with Crippen LogP contribution in [0.4, 0.5) is 11.4 Å². The number of anilines is 2. The van der Waals surface area contributed by atoms with Gasteiger partial charge in [-0.05, 0) is 43.2 Å². The molecule has 0 spiro atoms. The van der Waals surface area contributed by atoms with E-state index in [1.54, 1.807) is 19.2 Å². The monoisotopic (exact) mass is 272 g/mol. The summed E-state index contributed by atoms with van der Waals surface area (Å²) in [5.41, 5.74) is 8.18. The molecule has 0 heterocycles. The van der Waals surface area contributed by atoms with Gasteiger partial charge in [-0.1, -0.05) is 18.2 Å². The molecule has 4 nitrogen and oxygen atoms in total. The van der Waals surface area contributed by atoms with Crippen LogP contribution in [0.2, 0.25) is 0 Å². The van der Waals surface area contributed by atoms with Crippen molar-refractivity contribution in [3.05, 3.63) is 48.0 Å². The predicted molar refractivity (Wildman–Crippen MR) is 82.3 cm³/mol.